The fourth-order valence-corrected chi connectivity index (χ4v) is 3.58. The molecule has 1 rings (SSSR count). The minimum atomic E-state index is -1.44. The highest BCUT2D eigenvalue weighted by molar-refractivity contribution is 5.18. The second-order valence-corrected chi connectivity index (χ2v) is 7.07. The molecule has 0 spiro atoms. The van der Waals surface area contributed by atoms with E-state index in [0.29, 0.717) is 32.7 Å². The first-order valence-electron chi connectivity index (χ1n) is 10.8. The molecule has 0 aliphatic heterocycles. The average molecular weight is 381 g/mol. The van der Waals surface area contributed by atoms with Gasteiger partial charge >= 0.3 is 5.97 Å². The quantitative estimate of drug-likeness (QED) is 0.305. The second-order valence-electron chi connectivity index (χ2n) is 7.07. The number of ether oxygens (including phenoxy) is 3. The molecule has 4 nitrogen and oxygen atoms in total. The Hall–Kier alpha value is -0.940. The van der Waals surface area contributed by atoms with E-state index in [1.165, 1.54) is 25.7 Å². The molecule has 0 aliphatic rings. The topological polar surface area (TPSA) is 47.9 Å². The van der Waals surface area contributed by atoms with Gasteiger partial charge in [-0.05, 0) is 32.8 Å². The van der Waals surface area contributed by atoms with Crippen molar-refractivity contribution in [2.24, 2.45) is 0 Å². The van der Waals surface area contributed by atoms with E-state index >= 15 is 0 Å². The summed E-state index contributed by atoms with van der Waals surface area (Å²) in [6, 6.07) is 10.0. The molecular formula is C23H40O4. The Labute approximate surface area is 166 Å². The smallest absolute Gasteiger partial charge is 0.313 e. The van der Waals surface area contributed by atoms with Crippen LogP contribution < -0.4 is 0 Å². The summed E-state index contributed by atoms with van der Waals surface area (Å²) < 4.78 is 17.8. The lowest BCUT2D eigenvalue weighted by Crippen LogP contribution is -2.61. The van der Waals surface area contributed by atoms with Crippen molar-refractivity contribution in [3.05, 3.63) is 35.9 Å². The van der Waals surface area contributed by atoms with Crippen molar-refractivity contribution < 1.29 is 19.3 Å². The first kappa shape index (κ1) is 24.1. The predicted molar refractivity (Wildman–Crippen MR) is 111 cm³/mol. The Morgan fingerprint density at radius 1 is 0.741 bits per heavy atom. The minimum absolute atomic E-state index is 0.410. The van der Waals surface area contributed by atoms with Gasteiger partial charge in [-0.1, -0.05) is 75.8 Å². The normalized spacial score (nSPS) is 14.3. The van der Waals surface area contributed by atoms with Gasteiger partial charge in [0.25, 0.3) is 0 Å². The first-order valence-corrected chi connectivity index (χ1v) is 10.8. The van der Waals surface area contributed by atoms with Crippen molar-refractivity contribution in [1.82, 2.24) is 0 Å². The molecule has 0 radical (unpaired) electrons. The molecule has 0 aromatic heterocycles. The molecule has 1 atom stereocenters. The van der Waals surface area contributed by atoms with Gasteiger partial charge in [0.2, 0.25) is 0 Å². The zero-order chi connectivity index (χ0) is 20.0. The summed E-state index contributed by atoms with van der Waals surface area (Å²) in [5.41, 5.74) is -0.198. The lowest BCUT2D eigenvalue weighted by atomic mass is 9.86. The van der Waals surface area contributed by atoms with Gasteiger partial charge in [0.1, 0.15) is 5.60 Å². The highest BCUT2D eigenvalue weighted by Gasteiger charge is 2.54. The fourth-order valence-electron chi connectivity index (χ4n) is 3.58. The summed E-state index contributed by atoms with van der Waals surface area (Å²) in [4.78, 5) is 0. The van der Waals surface area contributed by atoms with Gasteiger partial charge in [-0.15, -0.1) is 0 Å². The van der Waals surface area contributed by atoms with Gasteiger partial charge in [0, 0.05) is 26.2 Å². The van der Waals surface area contributed by atoms with E-state index < -0.39 is 11.6 Å². The molecule has 1 aromatic carbocycles. The number of hydrogen-bond acceptors (Lipinski definition) is 4. The van der Waals surface area contributed by atoms with Gasteiger partial charge in [0.05, 0.1) is 0 Å². The van der Waals surface area contributed by atoms with Crippen LogP contribution in [0.1, 0.15) is 78.2 Å². The van der Waals surface area contributed by atoms with Crippen LogP contribution in [0, 0.1) is 0 Å². The van der Waals surface area contributed by atoms with Crippen molar-refractivity contribution in [2.45, 2.75) is 90.6 Å². The summed E-state index contributed by atoms with van der Waals surface area (Å²) in [7, 11) is 0. The van der Waals surface area contributed by atoms with E-state index in [1.54, 1.807) is 0 Å². The number of aliphatic hydroxyl groups is 1. The van der Waals surface area contributed by atoms with Crippen molar-refractivity contribution in [1.29, 1.82) is 0 Å². The van der Waals surface area contributed by atoms with E-state index in [-0.39, 0.29) is 0 Å². The SMILES string of the molecule is CCCCCCCCC(O)(Cc1ccccc1)C(OCC)(OCC)OCC. The maximum Gasteiger partial charge on any atom is 0.313 e. The predicted octanol–water partition coefficient (Wildman–Crippen LogP) is 5.47. The number of rotatable bonds is 16. The van der Waals surface area contributed by atoms with E-state index in [1.807, 2.05) is 51.1 Å². The monoisotopic (exact) mass is 380 g/mol. The molecule has 0 amide bonds. The minimum Gasteiger partial charge on any atom is -0.381 e. The van der Waals surface area contributed by atoms with Gasteiger partial charge in [0.15, 0.2) is 0 Å². The number of unbranched alkanes of at least 4 members (excludes halogenated alkanes) is 5. The average Bonchev–Trinajstić information content (AvgIpc) is 2.66. The Morgan fingerprint density at radius 3 is 1.78 bits per heavy atom. The molecular weight excluding hydrogens is 340 g/mol. The van der Waals surface area contributed by atoms with Crippen LogP contribution in [-0.4, -0.2) is 36.5 Å². The van der Waals surface area contributed by atoms with Crippen LogP contribution in [0.15, 0.2) is 30.3 Å². The van der Waals surface area contributed by atoms with Gasteiger partial charge in [-0.2, -0.15) is 0 Å². The lowest BCUT2D eigenvalue weighted by Gasteiger charge is -2.45. The Bertz CT molecular complexity index is 460. The summed E-state index contributed by atoms with van der Waals surface area (Å²) in [5.74, 6) is -1.44. The van der Waals surface area contributed by atoms with Crippen LogP contribution in [0.3, 0.4) is 0 Å². The molecule has 0 aliphatic carbocycles. The molecule has 156 valence electrons. The third-order valence-electron chi connectivity index (χ3n) is 4.86. The zero-order valence-electron chi connectivity index (χ0n) is 17.8. The molecule has 27 heavy (non-hydrogen) atoms. The summed E-state index contributed by atoms with van der Waals surface area (Å²) in [6.07, 6.45) is 7.98. The third-order valence-corrected chi connectivity index (χ3v) is 4.86. The molecule has 1 N–H and O–H groups in total. The number of hydrogen-bond donors (Lipinski definition) is 1. The Morgan fingerprint density at radius 2 is 1.26 bits per heavy atom. The maximum absolute atomic E-state index is 11.8. The molecule has 1 unspecified atom stereocenters. The van der Waals surface area contributed by atoms with Crippen LogP contribution in [0.4, 0.5) is 0 Å². The van der Waals surface area contributed by atoms with Crippen LogP contribution >= 0.6 is 0 Å². The Kier molecular flexibility index (Phi) is 11.8. The van der Waals surface area contributed by atoms with Gasteiger partial charge in [-0.25, -0.2) is 0 Å². The largest absolute Gasteiger partial charge is 0.381 e. The molecule has 4 heteroatoms. The molecule has 0 saturated carbocycles. The number of benzene rings is 1. The first-order chi connectivity index (χ1) is 13.1. The second kappa shape index (κ2) is 13.3. The summed E-state index contributed by atoms with van der Waals surface area (Å²) in [6.45, 7) is 9.16. The molecule has 1 aromatic rings. The Balaban J connectivity index is 3.00. The van der Waals surface area contributed by atoms with E-state index in [9.17, 15) is 5.11 Å². The van der Waals surface area contributed by atoms with E-state index in [0.717, 1.165) is 18.4 Å². The highest BCUT2D eigenvalue weighted by Crippen LogP contribution is 2.37. The lowest BCUT2D eigenvalue weighted by molar-refractivity contribution is -0.440. The molecule has 0 heterocycles. The summed E-state index contributed by atoms with van der Waals surface area (Å²) in [5, 5.41) is 11.8. The molecule has 0 fully saturated rings. The molecule has 0 bridgehead atoms. The van der Waals surface area contributed by atoms with E-state index in [4.69, 9.17) is 14.2 Å². The molecule has 0 saturated heterocycles. The van der Waals surface area contributed by atoms with Crippen LogP contribution in [0.5, 0.6) is 0 Å². The zero-order valence-corrected chi connectivity index (χ0v) is 17.8. The van der Waals surface area contributed by atoms with Crippen molar-refractivity contribution >= 4 is 0 Å². The summed E-state index contributed by atoms with van der Waals surface area (Å²) >= 11 is 0. The van der Waals surface area contributed by atoms with Crippen LogP contribution in [-0.2, 0) is 20.6 Å². The maximum atomic E-state index is 11.8. The van der Waals surface area contributed by atoms with E-state index in [2.05, 4.69) is 6.92 Å². The fraction of sp³-hybridized carbons (Fsp3) is 0.739. The highest BCUT2D eigenvalue weighted by atomic mass is 16.9. The van der Waals surface area contributed by atoms with Crippen molar-refractivity contribution in [3.8, 4) is 0 Å². The van der Waals surface area contributed by atoms with Crippen LogP contribution in [0.2, 0.25) is 0 Å². The third kappa shape index (κ3) is 7.53. The van der Waals surface area contributed by atoms with Crippen molar-refractivity contribution in [3.63, 3.8) is 0 Å². The van der Waals surface area contributed by atoms with Gasteiger partial charge < -0.3 is 19.3 Å². The standard InChI is InChI=1S/C23H40O4/c1-5-9-10-11-12-16-19-22(24,20-21-17-14-13-15-18-21)23(25-6-2,26-7-3)27-8-4/h13-15,17-18,24H,5-12,16,19-20H2,1-4H3. The van der Waals surface area contributed by atoms with Crippen LogP contribution in [0.25, 0.3) is 0 Å². The van der Waals surface area contributed by atoms with Crippen molar-refractivity contribution in [2.75, 3.05) is 19.8 Å². The van der Waals surface area contributed by atoms with Gasteiger partial charge in [-0.3, -0.25) is 0 Å².